The molecule has 1 aliphatic rings. The number of rotatable bonds is 4. The number of carbonyl (C=O) groups excluding carboxylic acids is 3. The van der Waals surface area contributed by atoms with E-state index < -0.39 is 23.9 Å². The third-order valence-electron chi connectivity index (χ3n) is 3.67. The molecule has 0 saturated carbocycles. The maximum Gasteiger partial charge on any atom is 0.324 e. The smallest absolute Gasteiger partial charge is 0.269 e. The van der Waals surface area contributed by atoms with Crippen molar-refractivity contribution >= 4 is 17.9 Å². The molecule has 0 aromatic heterocycles. The fourth-order valence-corrected chi connectivity index (χ4v) is 2.60. The van der Waals surface area contributed by atoms with Crippen LogP contribution in [0.5, 0.6) is 0 Å². The molecule has 110 valence electrons. The Hall–Kier alpha value is -2.82. The summed E-state index contributed by atoms with van der Waals surface area (Å²) in [7, 11) is 0. The van der Waals surface area contributed by atoms with Crippen LogP contribution in [0, 0.1) is 0 Å². The maximum absolute atomic E-state index is 13.5. The minimum Gasteiger partial charge on any atom is -0.269 e. The molecule has 5 heteroatoms. The van der Waals surface area contributed by atoms with Crippen molar-refractivity contribution in [2.75, 3.05) is 0 Å². The molecule has 0 radical (unpaired) electrons. The molecule has 1 heterocycles. The van der Waals surface area contributed by atoms with Crippen molar-refractivity contribution < 1.29 is 18.8 Å². The predicted molar refractivity (Wildman–Crippen MR) is 77.0 cm³/mol. The maximum atomic E-state index is 13.5. The minimum atomic E-state index is -1.70. The summed E-state index contributed by atoms with van der Waals surface area (Å²) in [6.45, 7) is 0. The van der Waals surface area contributed by atoms with Gasteiger partial charge in [-0.3, -0.25) is 19.3 Å². The van der Waals surface area contributed by atoms with Gasteiger partial charge in [0.2, 0.25) is 0 Å². The number of nitrogens with zero attached hydrogens (tertiary/aromatic N) is 1. The summed E-state index contributed by atoms with van der Waals surface area (Å²) in [4.78, 5) is 36.7. The molecule has 0 saturated heterocycles. The lowest BCUT2D eigenvalue weighted by atomic mass is 10.1. The van der Waals surface area contributed by atoms with E-state index in [4.69, 9.17) is 0 Å². The summed E-state index contributed by atoms with van der Waals surface area (Å²) in [5.74, 6) is -1.26. The molecule has 0 unspecified atom stereocenters. The summed E-state index contributed by atoms with van der Waals surface area (Å²) in [5.41, 5.74) is 1.08. The van der Waals surface area contributed by atoms with Crippen LogP contribution in [0.4, 0.5) is 4.39 Å². The molecule has 0 fully saturated rings. The van der Waals surface area contributed by atoms with Gasteiger partial charge >= 0.3 is 6.04 Å². The molecular formula is C17H12FNO3. The average Bonchev–Trinajstić information content (AvgIpc) is 2.78. The number of benzene rings is 2. The van der Waals surface area contributed by atoms with Gasteiger partial charge in [-0.1, -0.05) is 42.5 Å². The Bertz CT molecular complexity index is 723. The highest BCUT2D eigenvalue weighted by Crippen LogP contribution is 2.26. The predicted octanol–water partition coefficient (Wildman–Crippen LogP) is 2.39. The standard InChI is InChI=1S/C17H12FNO3/c18-15(20)14(10-11-6-2-1-3-7-11)19-16(21)12-8-4-5-9-13(12)17(19)22/h1-9,14H,10H2/t14-/m0/s1. The van der Waals surface area contributed by atoms with Gasteiger partial charge in [-0.05, 0) is 17.7 Å². The second-order valence-corrected chi connectivity index (χ2v) is 5.04. The number of hydrogen-bond acceptors (Lipinski definition) is 3. The number of fused-ring (bicyclic) bond motifs is 1. The molecule has 4 nitrogen and oxygen atoms in total. The summed E-state index contributed by atoms with van der Waals surface area (Å²) in [6.07, 6.45) is -0.0400. The molecular weight excluding hydrogens is 285 g/mol. The highest BCUT2D eigenvalue weighted by Gasteiger charge is 2.42. The molecule has 3 rings (SSSR count). The molecule has 22 heavy (non-hydrogen) atoms. The lowest BCUT2D eigenvalue weighted by molar-refractivity contribution is -0.133. The Morgan fingerprint density at radius 2 is 1.41 bits per heavy atom. The van der Waals surface area contributed by atoms with Crippen LogP contribution in [-0.4, -0.2) is 28.8 Å². The normalized spacial score (nSPS) is 14.9. The van der Waals surface area contributed by atoms with E-state index >= 15 is 0 Å². The first-order chi connectivity index (χ1) is 10.6. The van der Waals surface area contributed by atoms with E-state index in [1.807, 2.05) is 0 Å². The quantitative estimate of drug-likeness (QED) is 0.643. The largest absolute Gasteiger partial charge is 0.324 e. The topological polar surface area (TPSA) is 54.5 Å². The second kappa shape index (κ2) is 5.52. The van der Waals surface area contributed by atoms with Crippen LogP contribution in [0.25, 0.3) is 0 Å². The Balaban J connectivity index is 1.95. The van der Waals surface area contributed by atoms with Gasteiger partial charge in [-0.2, -0.15) is 4.39 Å². The summed E-state index contributed by atoms with van der Waals surface area (Å²) in [5, 5.41) is 0. The van der Waals surface area contributed by atoms with Crippen LogP contribution in [0.2, 0.25) is 0 Å². The Kier molecular flexibility index (Phi) is 3.55. The molecule has 0 bridgehead atoms. The van der Waals surface area contributed by atoms with Crippen molar-refractivity contribution in [3.63, 3.8) is 0 Å². The van der Waals surface area contributed by atoms with Crippen LogP contribution >= 0.6 is 0 Å². The number of hydrogen-bond donors (Lipinski definition) is 0. The first-order valence-corrected chi connectivity index (χ1v) is 6.80. The lowest BCUT2D eigenvalue weighted by Crippen LogP contribution is -2.45. The summed E-state index contributed by atoms with van der Waals surface area (Å²) in [6, 6.07) is 11.8. The zero-order valence-corrected chi connectivity index (χ0v) is 11.5. The van der Waals surface area contributed by atoms with Crippen LogP contribution in [0.15, 0.2) is 54.6 Å². The molecule has 1 atom stereocenters. The molecule has 2 amide bonds. The van der Waals surface area contributed by atoms with Gasteiger partial charge in [0, 0.05) is 6.42 Å². The number of imide groups is 1. The average molecular weight is 297 g/mol. The van der Waals surface area contributed by atoms with Gasteiger partial charge in [0.1, 0.15) is 6.04 Å². The Morgan fingerprint density at radius 3 is 1.91 bits per heavy atom. The van der Waals surface area contributed by atoms with Gasteiger partial charge in [0.25, 0.3) is 11.8 Å². The lowest BCUT2D eigenvalue weighted by Gasteiger charge is -2.22. The number of halogens is 1. The minimum absolute atomic E-state index is 0.0400. The number of amides is 2. The van der Waals surface area contributed by atoms with E-state index in [-0.39, 0.29) is 17.5 Å². The van der Waals surface area contributed by atoms with Crippen molar-refractivity contribution in [1.29, 1.82) is 0 Å². The SMILES string of the molecule is O=C(F)[C@H](Cc1ccccc1)N1C(=O)c2ccccc2C1=O. The third-order valence-corrected chi connectivity index (χ3v) is 3.67. The van der Waals surface area contributed by atoms with E-state index in [0.717, 1.165) is 4.90 Å². The van der Waals surface area contributed by atoms with Gasteiger partial charge < -0.3 is 0 Å². The fourth-order valence-electron chi connectivity index (χ4n) is 2.60. The van der Waals surface area contributed by atoms with E-state index in [2.05, 4.69) is 0 Å². The van der Waals surface area contributed by atoms with Crippen LogP contribution in [0.3, 0.4) is 0 Å². The van der Waals surface area contributed by atoms with Crippen LogP contribution < -0.4 is 0 Å². The highest BCUT2D eigenvalue weighted by molar-refractivity contribution is 6.22. The first kappa shape index (κ1) is 14.1. The van der Waals surface area contributed by atoms with Crippen LogP contribution in [0.1, 0.15) is 26.3 Å². The Morgan fingerprint density at radius 1 is 0.909 bits per heavy atom. The molecule has 2 aromatic carbocycles. The zero-order chi connectivity index (χ0) is 15.7. The molecule has 0 spiro atoms. The van der Waals surface area contributed by atoms with E-state index in [1.54, 1.807) is 42.5 Å². The fraction of sp³-hybridized carbons (Fsp3) is 0.118. The van der Waals surface area contributed by atoms with Crippen molar-refractivity contribution in [3.05, 3.63) is 71.3 Å². The van der Waals surface area contributed by atoms with Crippen molar-refractivity contribution in [2.24, 2.45) is 0 Å². The van der Waals surface area contributed by atoms with Gasteiger partial charge in [-0.15, -0.1) is 0 Å². The van der Waals surface area contributed by atoms with Crippen molar-refractivity contribution in [3.8, 4) is 0 Å². The second-order valence-electron chi connectivity index (χ2n) is 5.04. The molecule has 0 aliphatic carbocycles. The summed E-state index contributed by atoms with van der Waals surface area (Å²) >= 11 is 0. The molecule has 2 aromatic rings. The zero-order valence-electron chi connectivity index (χ0n) is 11.5. The van der Waals surface area contributed by atoms with Crippen molar-refractivity contribution in [2.45, 2.75) is 12.5 Å². The van der Waals surface area contributed by atoms with E-state index in [1.165, 1.54) is 12.1 Å². The van der Waals surface area contributed by atoms with Gasteiger partial charge in [0.15, 0.2) is 0 Å². The Labute approximate surface area is 126 Å². The van der Waals surface area contributed by atoms with Crippen molar-refractivity contribution in [1.82, 2.24) is 4.90 Å². The first-order valence-electron chi connectivity index (χ1n) is 6.80. The number of carbonyl (C=O) groups is 3. The van der Waals surface area contributed by atoms with Gasteiger partial charge in [0.05, 0.1) is 11.1 Å². The molecule has 1 aliphatic heterocycles. The monoisotopic (exact) mass is 297 g/mol. The highest BCUT2D eigenvalue weighted by atomic mass is 19.1. The molecule has 0 N–H and O–H groups in total. The third kappa shape index (κ3) is 2.30. The van der Waals surface area contributed by atoms with Crippen LogP contribution in [-0.2, 0) is 11.2 Å². The van der Waals surface area contributed by atoms with Gasteiger partial charge in [-0.25, -0.2) is 0 Å². The van der Waals surface area contributed by atoms with E-state index in [9.17, 15) is 18.8 Å². The van der Waals surface area contributed by atoms with E-state index in [0.29, 0.717) is 5.56 Å². The summed E-state index contributed by atoms with van der Waals surface area (Å²) < 4.78 is 13.5.